The lowest BCUT2D eigenvalue weighted by atomic mass is 10.2. The van der Waals surface area contributed by atoms with Crippen molar-refractivity contribution in [3.05, 3.63) is 21.9 Å². The predicted molar refractivity (Wildman–Crippen MR) is 112 cm³/mol. The van der Waals surface area contributed by atoms with E-state index < -0.39 is 16.1 Å². The molecule has 2 aromatic heterocycles. The van der Waals surface area contributed by atoms with Crippen molar-refractivity contribution in [2.45, 2.75) is 52.4 Å². The van der Waals surface area contributed by atoms with E-state index in [0.29, 0.717) is 0 Å². The second-order valence-corrected chi connectivity index (χ2v) is 22.0. The molecule has 0 saturated carbocycles. The van der Waals surface area contributed by atoms with E-state index in [4.69, 9.17) is 0 Å². The largest absolute Gasteiger partial charge is 0.348 e. The van der Waals surface area contributed by atoms with Crippen molar-refractivity contribution in [2.24, 2.45) is 0 Å². The fourth-order valence-electron chi connectivity index (χ4n) is 3.31. The summed E-state index contributed by atoms with van der Waals surface area (Å²) in [6.07, 6.45) is 0. The minimum Gasteiger partial charge on any atom is -0.348 e. The van der Waals surface area contributed by atoms with Gasteiger partial charge in [0.1, 0.15) is 0 Å². The Morgan fingerprint density at radius 3 is 1.48 bits per heavy atom. The van der Waals surface area contributed by atoms with Crippen molar-refractivity contribution in [3.8, 4) is 0 Å². The summed E-state index contributed by atoms with van der Waals surface area (Å²) in [5.41, 5.74) is 3.05. The van der Waals surface area contributed by atoms with Gasteiger partial charge in [-0.1, -0.05) is 39.3 Å². The van der Waals surface area contributed by atoms with Gasteiger partial charge in [-0.05, 0) is 21.1 Å². The summed E-state index contributed by atoms with van der Waals surface area (Å²) in [7, 11) is -2.42. The Morgan fingerprint density at radius 1 is 0.739 bits per heavy atom. The van der Waals surface area contributed by atoms with E-state index in [-0.39, 0.29) is 0 Å². The molecule has 0 saturated heterocycles. The minimum absolute atomic E-state index is 1.07. The molecular formula is C17H26N2S2Si2. The highest BCUT2D eigenvalue weighted by molar-refractivity contribution is 7.27. The average molecular weight is 379 g/mol. The number of rotatable bonds is 2. The van der Waals surface area contributed by atoms with Gasteiger partial charge in [0, 0.05) is 9.75 Å². The number of fused-ring (bicyclic) bond motifs is 6. The van der Waals surface area contributed by atoms with Crippen LogP contribution in [0.3, 0.4) is 0 Å². The molecule has 0 atom stereocenters. The molecule has 0 radical (unpaired) electrons. The molecule has 0 spiro atoms. The molecule has 0 amide bonds. The molecular weight excluding hydrogens is 353 g/mol. The first-order valence-corrected chi connectivity index (χ1v) is 17.0. The number of hydrogen-bond donors (Lipinski definition) is 0. The monoisotopic (exact) mass is 378 g/mol. The van der Waals surface area contributed by atoms with E-state index in [1.54, 1.807) is 18.8 Å². The molecule has 0 unspecified atom stereocenters. The molecule has 2 aliphatic heterocycles. The highest BCUT2D eigenvalue weighted by Crippen LogP contribution is 2.42. The van der Waals surface area contributed by atoms with Crippen LogP contribution >= 0.6 is 22.7 Å². The summed E-state index contributed by atoms with van der Waals surface area (Å²) in [5, 5.41) is 0. The third kappa shape index (κ3) is 2.63. The SMILES string of the molecule is C[Si](C)(C)c1cc2c(s1)CN1CN2Cc2sc([Si](C)(C)C)cc21. The molecule has 2 aromatic rings. The van der Waals surface area contributed by atoms with Gasteiger partial charge in [0.2, 0.25) is 0 Å². The van der Waals surface area contributed by atoms with E-state index in [9.17, 15) is 0 Å². The van der Waals surface area contributed by atoms with Crippen LogP contribution in [0.1, 0.15) is 9.75 Å². The van der Waals surface area contributed by atoms with Gasteiger partial charge in [0.25, 0.3) is 0 Å². The first kappa shape index (κ1) is 15.9. The number of nitrogens with zero attached hydrogens (tertiary/aromatic N) is 2. The highest BCUT2D eigenvalue weighted by atomic mass is 32.1. The zero-order valence-electron chi connectivity index (χ0n) is 15.0. The lowest BCUT2D eigenvalue weighted by Crippen LogP contribution is -2.45. The van der Waals surface area contributed by atoms with Crippen LogP contribution in [0.2, 0.25) is 39.3 Å². The predicted octanol–water partition coefficient (Wildman–Crippen LogP) is 4.20. The Morgan fingerprint density at radius 2 is 1.13 bits per heavy atom. The quantitative estimate of drug-likeness (QED) is 0.723. The summed E-state index contributed by atoms with van der Waals surface area (Å²) >= 11 is 4.15. The maximum absolute atomic E-state index is 2.60. The molecule has 6 heteroatoms. The van der Waals surface area contributed by atoms with Gasteiger partial charge in [-0.15, -0.1) is 22.7 Å². The fraction of sp³-hybridized carbons (Fsp3) is 0.529. The first-order valence-electron chi connectivity index (χ1n) is 8.39. The maximum Gasteiger partial charge on any atom is 0.0911 e. The Hall–Kier alpha value is -0.566. The fourth-order valence-corrected chi connectivity index (χ4v) is 9.54. The Balaban J connectivity index is 1.73. The molecule has 0 aliphatic carbocycles. The van der Waals surface area contributed by atoms with E-state index in [2.05, 4.69) is 83.9 Å². The summed E-state index contributed by atoms with van der Waals surface area (Å²) in [6.45, 7) is 18.1. The van der Waals surface area contributed by atoms with Gasteiger partial charge < -0.3 is 9.80 Å². The van der Waals surface area contributed by atoms with Crippen LogP contribution in [-0.2, 0) is 13.1 Å². The molecule has 2 aliphatic rings. The first-order chi connectivity index (χ1) is 10.6. The van der Waals surface area contributed by atoms with Crippen molar-refractivity contribution in [1.29, 1.82) is 0 Å². The van der Waals surface area contributed by atoms with Gasteiger partial charge in [0.05, 0.1) is 47.3 Å². The lowest BCUT2D eigenvalue weighted by Gasteiger charge is -2.42. The Labute approximate surface area is 149 Å². The van der Waals surface area contributed by atoms with Crippen LogP contribution in [0.4, 0.5) is 11.4 Å². The topological polar surface area (TPSA) is 6.48 Å². The van der Waals surface area contributed by atoms with Crippen molar-refractivity contribution in [2.75, 3.05) is 16.5 Å². The number of anilines is 2. The Kier molecular flexibility index (Phi) is 3.44. The van der Waals surface area contributed by atoms with Gasteiger partial charge in [-0.2, -0.15) is 0 Å². The molecule has 0 N–H and O–H groups in total. The van der Waals surface area contributed by atoms with Crippen LogP contribution in [0.25, 0.3) is 0 Å². The molecule has 124 valence electrons. The lowest BCUT2D eigenvalue weighted by molar-refractivity contribution is 0.666. The summed E-state index contributed by atoms with van der Waals surface area (Å²) in [5.74, 6) is 0. The smallest absolute Gasteiger partial charge is 0.0911 e. The highest BCUT2D eigenvalue weighted by Gasteiger charge is 2.35. The minimum atomic E-state index is -1.21. The molecule has 4 heterocycles. The van der Waals surface area contributed by atoms with Gasteiger partial charge in [-0.3, -0.25) is 0 Å². The molecule has 0 aromatic carbocycles. The van der Waals surface area contributed by atoms with Crippen molar-refractivity contribution < 1.29 is 0 Å². The second kappa shape index (κ2) is 4.97. The zero-order valence-corrected chi connectivity index (χ0v) is 18.6. The summed E-state index contributed by atoms with van der Waals surface area (Å²) in [6, 6.07) is 5.03. The van der Waals surface area contributed by atoms with Crippen molar-refractivity contribution >= 4 is 59.2 Å². The molecule has 23 heavy (non-hydrogen) atoms. The second-order valence-electron chi connectivity index (χ2n) is 8.88. The van der Waals surface area contributed by atoms with E-state index in [1.807, 2.05) is 0 Å². The van der Waals surface area contributed by atoms with Crippen LogP contribution < -0.4 is 18.8 Å². The van der Waals surface area contributed by atoms with Gasteiger partial charge in [0.15, 0.2) is 0 Å². The summed E-state index contributed by atoms with van der Waals surface area (Å²) < 4.78 is 3.31. The normalized spacial score (nSPS) is 17.3. The van der Waals surface area contributed by atoms with E-state index in [0.717, 1.165) is 19.8 Å². The van der Waals surface area contributed by atoms with Crippen molar-refractivity contribution in [3.63, 3.8) is 0 Å². The van der Waals surface area contributed by atoms with Gasteiger partial charge >= 0.3 is 0 Å². The van der Waals surface area contributed by atoms with Crippen molar-refractivity contribution in [1.82, 2.24) is 0 Å². The third-order valence-corrected chi connectivity index (χ3v) is 14.1. The van der Waals surface area contributed by atoms with E-state index in [1.165, 1.54) is 11.4 Å². The standard InChI is InChI=1S/C17H26N2S2Si2/c1-22(2,3)16-7-12-14(20-16)9-19-11-18(12)10-15-13(19)8-17(21-15)23(4,5)6/h7-8H,9-11H2,1-6H3. The van der Waals surface area contributed by atoms with Crippen LogP contribution in [-0.4, -0.2) is 22.8 Å². The van der Waals surface area contributed by atoms with Gasteiger partial charge in [-0.25, -0.2) is 0 Å². The molecule has 4 rings (SSSR count). The average Bonchev–Trinajstić information content (AvgIpc) is 3.00. The van der Waals surface area contributed by atoms with E-state index >= 15 is 0 Å². The molecule has 0 fully saturated rings. The zero-order chi connectivity index (χ0) is 16.6. The third-order valence-electron chi connectivity index (χ3n) is 4.74. The molecule has 2 bridgehead atoms. The maximum atomic E-state index is 2.60. The molecule has 2 nitrogen and oxygen atoms in total. The van der Waals surface area contributed by atoms with Crippen LogP contribution in [0.15, 0.2) is 12.1 Å². The Bertz CT molecular complexity index is 700. The number of thiophene rings is 2. The summed E-state index contributed by atoms with van der Waals surface area (Å²) in [4.78, 5) is 8.37. The number of hydrogen-bond acceptors (Lipinski definition) is 4. The van der Waals surface area contributed by atoms with Crippen LogP contribution in [0.5, 0.6) is 0 Å². The van der Waals surface area contributed by atoms with Crippen LogP contribution in [0, 0.1) is 0 Å².